The predicted octanol–water partition coefficient (Wildman–Crippen LogP) is 4.29. The van der Waals surface area contributed by atoms with Gasteiger partial charge in [0.2, 0.25) is 0 Å². The Labute approximate surface area is 137 Å². The molecule has 1 aliphatic rings. The number of hydrogen-bond donors (Lipinski definition) is 1. The molecule has 2 aromatic rings. The summed E-state index contributed by atoms with van der Waals surface area (Å²) < 4.78 is 10.8. The van der Waals surface area contributed by atoms with Crippen LogP contribution in [0.1, 0.15) is 29.7 Å². The predicted molar refractivity (Wildman–Crippen MR) is 92.7 cm³/mol. The van der Waals surface area contributed by atoms with Crippen LogP contribution in [-0.2, 0) is 0 Å². The smallest absolute Gasteiger partial charge is 0.161 e. The van der Waals surface area contributed by atoms with Crippen LogP contribution in [0.4, 0.5) is 0 Å². The molecule has 0 saturated heterocycles. The van der Waals surface area contributed by atoms with Gasteiger partial charge in [0.15, 0.2) is 11.5 Å². The van der Waals surface area contributed by atoms with Gasteiger partial charge in [0, 0.05) is 11.7 Å². The molecule has 0 aliphatic carbocycles. The zero-order chi connectivity index (χ0) is 14.8. The lowest BCUT2D eigenvalue weighted by Gasteiger charge is -2.26. The van der Waals surface area contributed by atoms with E-state index in [0.717, 1.165) is 22.8 Å². The third-order valence-electron chi connectivity index (χ3n) is 3.81. The van der Waals surface area contributed by atoms with Crippen molar-refractivity contribution in [3.63, 3.8) is 0 Å². The monoisotopic (exact) mass is 317 g/mol. The molecule has 1 N–H and O–H groups in total. The van der Waals surface area contributed by atoms with Crippen molar-refractivity contribution in [1.29, 1.82) is 0 Å². The summed E-state index contributed by atoms with van der Waals surface area (Å²) in [5.41, 5.74) is 4.69. The third kappa shape index (κ3) is 2.90. The first-order valence-electron chi connectivity index (χ1n) is 7.02. The van der Waals surface area contributed by atoms with Crippen molar-refractivity contribution in [3.8, 4) is 11.5 Å². The number of rotatable bonds is 3. The van der Waals surface area contributed by atoms with E-state index < -0.39 is 0 Å². The average Bonchev–Trinajstić information content (AvgIpc) is 2.54. The minimum Gasteiger partial charge on any atom is -0.493 e. The molecule has 3 rings (SSSR count). The molecule has 0 saturated carbocycles. The van der Waals surface area contributed by atoms with E-state index in [2.05, 4.69) is 30.4 Å². The highest BCUT2D eigenvalue weighted by atomic mass is 35.5. The lowest BCUT2D eigenvalue weighted by Crippen LogP contribution is -2.21. The number of nitrogens with one attached hydrogen (secondary N) is 1. The molecule has 4 heteroatoms. The molecular weight excluding hydrogens is 298 g/mol. The van der Waals surface area contributed by atoms with Crippen LogP contribution in [0.5, 0.6) is 11.5 Å². The van der Waals surface area contributed by atoms with Crippen LogP contribution in [0, 0.1) is 0 Å². The molecule has 116 valence electrons. The summed E-state index contributed by atoms with van der Waals surface area (Å²) in [4.78, 5) is 0. The molecule has 0 fully saturated rings. The van der Waals surface area contributed by atoms with Crippen molar-refractivity contribution in [2.45, 2.75) is 13.0 Å². The van der Waals surface area contributed by atoms with Gasteiger partial charge in [0.05, 0.1) is 14.2 Å². The number of methoxy groups -OCH3 is 2. The lowest BCUT2D eigenvalue weighted by molar-refractivity contribution is 0.354. The van der Waals surface area contributed by atoms with Crippen LogP contribution in [0.2, 0.25) is 0 Å². The van der Waals surface area contributed by atoms with Gasteiger partial charge in [-0.05, 0) is 41.8 Å². The van der Waals surface area contributed by atoms with Crippen LogP contribution in [-0.4, -0.2) is 14.2 Å². The number of ether oxygens (including phenoxy) is 2. The summed E-state index contributed by atoms with van der Waals surface area (Å²) in [5, 5.41) is 3.54. The maximum atomic E-state index is 5.40. The summed E-state index contributed by atoms with van der Waals surface area (Å²) in [6.07, 6.45) is 2.16. The second kappa shape index (κ2) is 6.75. The van der Waals surface area contributed by atoms with E-state index in [9.17, 15) is 0 Å². The first kappa shape index (κ1) is 16.2. The second-order valence-corrected chi connectivity index (χ2v) is 5.13. The minimum atomic E-state index is 0. The van der Waals surface area contributed by atoms with Crippen LogP contribution in [0.15, 0.2) is 42.5 Å². The van der Waals surface area contributed by atoms with Crippen molar-refractivity contribution in [2.75, 3.05) is 14.2 Å². The Kier molecular flexibility index (Phi) is 4.99. The highest BCUT2D eigenvalue weighted by molar-refractivity contribution is 5.85. The van der Waals surface area contributed by atoms with E-state index in [-0.39, 0.29) is 18.4 Å². The molecule has 0 amide bonds. The fourth-order valence-electron chi connectivity index (χ4n) is 2.70. The molecule has 3 nitrogen and oxygen atoms in total. The number of benzene rings is 2. The fraction of sp³-hybridized carbons (Fsp3) is 0.222. The summed E-state index contributed by atoms with van der Waals surface area (Å²) in [6.45, 7) is 2.15. The topological polar surface area (TPSA) is 30.5 Å². The van der Waals surface area contributed by atoms with Gasteiger partial charge in [-0.3, -0.25) is 0 Å². The van der Waals surface area contributed by atoms with Gasteiger partial charge in [-0.25, -0.2) is 0 Å². The van der Waals surface area contributed by atoms with Crippen molar-refractivity contribution in [3.05, 3.63) is 59.2 Å². The Balaban J connectivity index is 0.00000176. The first-order valence-corrected chi connectivity index (χ1v) is 7.02. The van der Waals surface area contributed by atoms with Crippen molar-refractivity contribution >= 4 is 24.2 Å². The SMILES string of the molecule is COc1cc2c(cc1OC)C(C)NC(c1ccccc1)=C2.Cl. The second-order valence-electron chi connectivity index (χ2n) is 5.13. The average molecular weight is 318 g/mol. The van der Waals surface area contributed by atoms with Crippen LogP contribution in [0.25, 0.3) is 11.8 Å². The molecule has 0 bridgehead atoms. The molecular formula is C18H20ClNO2. The molecule has 1 unspecified atom stereocenters. The molecule has 1 aliphatic heterocycles. The molecule has 1 heterocycles. The molecule has 0 spiro atoms. The van der Waals surface area contributed by atoms with E-state index in [0.29, 0.717) is 0 Å². The quantitative estimate of drug-likeness (QED) is 0.916. The summed E-state index contributed by atoms with van der Waals surface area (Å²) in [7, 11) is 3.33. The van der Waals surface area contributed by atoms with E-state index in [1.54, 1.807) is 14.2 Å². The highest BCUT2D eigenvalue weighted by Crippen LogP contribution is 2.37. The third-order valence-corrected chi connectivity index (χ3v) is 3.81. The Hall–Kier alpha value is -2.13. The van der Waals surface area contributed by atoms with Gasteiger partial charge in [0.1, 0.15) is 0 Å². The minimum absolute atomic E-state index is 0. The fourth-order valence-corrected chi connectivity index (χ4v) is 2.70. The normalized spacial score (nSPS) is 15.8. The first-order chi connectivity index (χ1) is 10.2. The maximum absolute atomic E-state index is 5.40. The highest BCUT2D eigenvalue weighted by Gasteiger charge is 2.20. The van der Waals surface area contributed by atoms with Crippen molar-refractivity contribution in [2.24, 2.45) is 0 Å². The van der Waals surface area contributed by atoms with Gasteiger partial charge in [0.25, 0.3) is 0 Å². The molecule has 2 aromatic carbocycles. The Morgan fingerprint density at radius 3 is 2.23 bits per heavy atom. The van der Waals surface area contributed by atoms with E-state index >= 15 is 0 Å². The largest absolute Gasteiger partial charge is 0.493 e. The number of halogens is 1. The van der Waals surface area contributed by atoms with Crippen molar-refractivity contribution < 1.29 is 9.47 Å². The van der Waals surface area contributed by atoms with E-state index in [4.69, 9.17) is 9.47 Å². The van der Waals surface area contributed by atoms with Gasteiger partial charge >= 0.3 is 0 Å². The summed E-state index contributed by atoms with van der Waals surface area (Å²) in [5.74, 6) is 1.52. The maximum Gasteiger partial charge on any atom is 0.161 e. The Bertz CT molecular complexity index is 683. The van der Waals surface area contributed by atoms with Gasteiger partial charge in [-0.15, -0.1) is 12.4 Å². The molecule has 1 atom stereocenters. The summed E-state index contributed by atoms with van der Waals surface area (Å²) in [6, 6.07) is 14.6. The number of fused-ring (bicyclic) bond motifs is 1. The van der Waals surface area contributed by atoms with Crippen LogP contribution in [0.3, 0.4) is 0 Å². The standard InChI is InChI=1S/C18H19NO2.ClH/c1-12-15-11-18(21-3)17(20-2)10-14(15)9-16(19-12)13-7-5-4-6-8-13;/h4-12,19H,1-3H3;1H. The van der Waals surface area contributed by atoms with Crippen LogP contribution < -0.4 is 14.8 Å². The number of hydrogen-bond acceptors (Lipinski definition) is 3. The van der Waals surface area contributed by atoms with Crippen LogP contribution >= 0.6 is 12.4 Å². The van der Waals surface area contributed by atoms with Gasteiger partial charge in [-0.1, -0.05) is 30.3 Å². The van der Waals surface area contributed by atoms with Gasteiger partial charge in [-0.2, -0.15) is 0 Å². The zero-order valence-electron chi connectivity index (χ0n) is 12.9. The van der Waals surface area contributed by atoms with Gasteiger partial charge < -0.3 is 14.8 Å². The molecule has 0 radical (unpaired) electrons. The van der Waals surface area contributed by atoms with Crippen molar-refractivity contribution in [1.82, 2.24) is 5.32 Å². The summed E-state index contributed by atoms with van der Waals surface area (Å²) >= 11 is 0. The van der Waals surface area contributed by atoms with E-state index in [1.165, 1.54) is 11.1 Å². The Morgan fingerprint density at radius 1 is 0.955 bits per heavy atom. The zero-order valence-corrected chi connectivity index (χ0v) is 13.7. The Morgan fingerprint density at radius 2 is 1.59 bits per heavy atom. The molecule has 0 aromatic heterocycles. The lowest BCUT2D eigenvalue weighted by atomic mass is 9.94. The molecule has 22 heavy (non-hydrogen) atoms. The van der Waals surface area contributed by atoms with E-state index in [1.807, 2.05) is 30.3 Å².